The van der Waals surface area contributed by atoms with Crippen LogP contribution in [0.4, 0.5) is 0 Å². The first-order valence-corrected chi connectivity index (χ1v) is 9.34. The summed E-state index contributed by atoms with van der Waals surface area (Å²) in [6.45, 7) is 13.0. The molecule has 124 valence electrons. The Morgan fingerprint density at radius 2 is 1.86 bits per heavy atom. The van der Waals surface area contributed by atoms with Crippen LogP contribution >= 0.6 is 0 Å². The Labute approximate surface area is 134 Å². The molecule has 0 bridgehead atoms. The zero-order chi connectivity index (χ0) is 15.7. The van der Waals surface area contributed by atoms with E-state index in [1.165, 1.54) is 57.8 Å². The van der Waals surface area contributed by atoms with Crippen molar-refractivity contribution < 1.29 is 0 Å². The van der Waals surface area contributed by atoms with Crippen LogP contribution in [0.5, 0.6) is 0 Å². The van der Waals surface area contributed by atoms with Gasteiger partial charge in [0.25, 0.3) is 0 Å². The summed E-state index contributed by atoms with van der Waals surface area (Å²) < 4.78 is 0. The second-order valence-electron chi connectivity index (χ2n) is 8.34. The lowest BCUT2D eigenvalue weighted by molar-refractivity contribution is 0.281. The minimum atomic E-state index is 0.448. The molecule has 0 spiro atoms. The average molecular weight is 294 g/mol. The van der Waals surface area contributed by atoms with E-state index in [-0.39, 0.29) is 0 Å². The molecular weight excluding hydrogens is 254 g/mol. The fraction of sp³-hybridized carbons (Fsp3) is 0.900. The van der Waals surface area contributed by atoms with Gasteiger partial charge in [0.2, 0.25) is 0 Å². The third-order valence-electron chi connectivity index (χ3n) is 4.51. The van der Waals surface area contributed by atoms with Crippen LogP contribution in [0.15, 0.2) is 11.6 Å². The van der Waals surface area contributed by atoms with E-state index >= 15 is 0 Å². The lowest BCUT2D eigenvalue weighted by Crippen LogP contribution is -2.34. The van der Waals surface area contributed by atoms with E-state index in [4.69, 9.17) is 0 Å². The third-order valence-corrected chi connectivity index (χ3v) is 4.51. The minimum Gasteiger partial charge on any atom is -0.310 e. The Hall–Kier alpha value is -0.300. The first-order valence-electron chi connectivity index (χ1n) is 9.34. The molecule has 1 rings (SSSR count). The third kappa shape index (κ3) is 8.66. The van der Waals surface area contributed by atoms with Crippen molar-refractivity contribution in [3.05, 3.63) is 11.6 Å². The van der Waals surface area contributed by atoms with Crippen LogP contribution in [-0.4, -0.2) is 12.6 Å². The summed E-state index contributed by atoms with van der Waals surface area (Å²) >= 11 is 0. The summed E-state index contributed by atoms with van der Waals surface area (Å²) in [5.41, 5.74) is 2.16. The van der Waals surface area contributed by atoms with Crippen LogP contribution in [0, 0.1) is 11.3 Å². The quantitative estimate of drug-likeness (QED) is 0.559. The van der Waals surface area contributed by atoms with Gasteiger partial charge in [-0.05, 0) is 62.8 Å². The van der Waals surface area contributed by atoms with Crippen molar-refractivity contribution in [2.75, 3.05) is 6.54 Å². The van der Waals surface area contributed by atoms with Gasteiger partial charge in [-0.3, -0.25) is 0 Å². The lowest BCUT2D eigenvalue weighted by Gasteiger charge is -2.29. The predicted octanol–water partition coefficient (Wildman–Crippen LogP) is 6.10. The molecule has 0 saturated heterocycles. The molecule has 0 aliphatic heterocycles. The minimum absolute atomic E-state index is 0.448. The van der Waals surface area contributed by atoms with Crippen molar-refractivity contribution in [3.8, 4) is 0 Å². The van der Waals surface area contributed by atoms with Gasteiger partial charge < -0.3 is 5.32 Å². The summed E-state index contributed by atoms with van der Waals surface area (Å²) in [7, 11) is 0. The summed E-state index contributed by atoms with van der Waals surface area (Å²) in [4.78, 5) is 0. The van der Waals surface area contributed by atoms with Crippen molar-refractivity contribution in [3.63, 3.8) is 0 Å². The van der Waals surface area contributed by atoms with Gasteiger partial charge in [-0.1, -0.05) is 59.1 Å². The Morgan fingerprint density at radius 1 is 1.14 bits per heavy atom. The van der Waals surface area contributed by atoms with Crippen LogP contribution in [0.2, 0.25) is 0 Å². The monoisotopic (exact) mass is 293 g/mol. The normalized spacial score (nSPS) is 20.3. The molecule has 0 fully saturated rings. The van der Waals surface area contributed by atoms with Crippen molar-refractivity contribution in [2.45, 2.75) is 98.4 Å². The predicted molar refractivity (Wildman–Crippen MR) is 95.7 cm³/mol. The number of hydrogen-bond donors (Lipinski definition) is 1. The van der Waals surface area contributed by atoms with E-state index in [1.54, 1.807) is 5.57 Å². The molecule has 0 radical (unpaired) electrons. The molecule has 0 aromatic heterocycles. The number of hydrogen-bond acceptors (Lipinski definition) is 1. The van der Waals surface area contributed by atoms with Crippen LogP contribution in [0.25, 0.3) is 0 Å². The van der Waals surface area contributed by atoms with E-state index in [2.05, 4.69) is 46.0 Å². The molecule has 1 aliphatic rings. The largest absolute Gasteiger partial charge is 0.310 e. The van der Waals surface area contributed by atoms with Crippen molar-refractivity contribution in [1.82, 2.24) is 5.32 Å². The second kappa shape index (κ2) is 9.66. The van der Waals surface area contributed by atoms with Crippen LogP contribution in [-0.2, 0) is 0 Å². The number of allylic oxidation sites excluding steroid dienone is 1. The van der Waals surface area contributed by atoms with Crippen molar-refractivity contribution in [2.24, 2.45) is 11.3 Å². The number of nitrogens with one attached hydrogen (secondary N) is 1. The van der Waals surface area contributed by atoms with Gasteiger partial charge >= 0.3 is 0 Å². The van der Waals surface area contributed by atoms with E-state index in [1.807, 2.05) is 0 Å². The van der Waals surface area contributed by atoms with E-state index in [9.17, 15) is 0 Å². The highest BCUT2D eigenvalue weighted by molar-refractivity contribution is 5.12. The van der Waals surface area contributed by atoms with E-state index in [0.717, 1.165) is 12.5 Å². The Kier molecular flexibility index (Phi) is 8.63. The van der Waals surface area contributed by atoms with Crippen molar-refractivity contribution in [1.29, 1.82) is 0 Å². The standard InChI is InChI=1S/C20H39N/c1-6-14-21-19(15-17(2)16-20(3,4)5)18-12-10-8-7-9-11-13-18/h12,17,19,21H,6-11,13-16H2,1-5H3. The van der Waals surface area contributed by atoms with Crippen molar-refractivity contribution >= 4 is 0 Å². The maximum Gasteiger partial charge on any atom is 0.0281 e. The molecule has 1 heteroatoms. The smallest absolute Gasteiger partial charge is 0.0281 e. The van der Waals surface area contributed by atoms with Gasteiger partial charge in [0.05, 0.1) is 0 Å². The molecule has 1 aliphatic carbocycles. The fourth-order valence-corrected chi connectivity index (χ4v) is 3.75. The molecule has 1 nitrogen and oxygen atoms in total. The number of rotatable bonds is 7. The van der Waals surface area contributed by atoms with Crippen LogP contribution < -0.4 is 5.32 Å². The molecule has 0 aromatic rings. The summed E-state index contributed by atoms with van der Waals surface area (Å²) in [5.74, 6) is 0.797. The Bertz CT molecular complexity index is 297. The summed E-state index contributed by atoms with van der Waals surface area (Å²) in [6, 6.07) is 0.625. The van der Waals surface area contributed by atoms with Gasteiger partial charge in [-0.15, -0.1) is 0 Å². The average Bonchev–Trinajstić information content (AvgIpc) is 2.32. The fourth-order valence-electron chi connectivity index (χ4n) is 3.75. The highest BCUT2D eigenvalue weighted by Crippen LogP contribution is 2.29. The van der Waals surface area contributed by atoms with E-state index < -0.39 is 0 Å². The maximum absolute atomic E-state index is 3.84. The Morgan fingerprint density at radius 3 is 2.52 bits per heavy atom. The molecule has 0 heterocycles. The van der Waals surface area contributed by atoms with Gasteiger partial charge in [-0.25, -0.2) is 0 Å². The second-order valence-corrected chi connectivity index (χ2v) is 8.34. The summed E-state index contributed by atoms with van der Waals surface area (Å²) in [5, 5.41) is 3.84. The highest BCUT2D eigenvalue weighted by Gasteiger charge is 2.21. The molecule has 21 heavy (non-hydrogen) atoms. The summed E-state index contributed by atoms with van der Waals surface area (Å²) in [6.07, 6.45) is 14.7. The van der Waals surface area contributed by atoms with Gasteiger partial charge in [-0.2, -0.15) is 0 Å². The molecule has 0 aromatic carbocycles. The molecule has 1 N–H and O–H groups in total. The van der Waals surface area contributed by atoms with Gasteiger partial charge in [0, 0.05) is 6.04 Å². The lowest BCUT2D eigenvalue weighted by atomic mass is 9.81. The van der Waals surface area contributed by atoms with Gasteiger partial charge in [0.1, 0.15) is 0 Å². The first-order chi connectivity index (χ1) is 9.92. The first kappa shape index (κ1) is 18.7. The molecule has 0 amide bonds. The zero-order valence-electron chi connectivity index (χ0n) is 15.3. The Balaban J connectivity index is 2.64. The zero-order valence-corrected chi connectivity index (χ0v) is 15.3. The van der Waals surface area contributed by atoms with Gasteiger partial charge in [0.15, 0.2) is 0 Å². The van der Waals surface area contributed by atoms with E-state index in [0.29, 0.717) is 11.5 Å². The maximum atomic E-state index is 3.84. The molecule has 0 saturated carbocycles. The SMILES string of the molecule is CCCNC(CC(C)CC(C)(C)C)C1=CCCCCCC1. The topological polar surface area (TPSA) is 12.0 Å². The highest BCUT2D eigenvalue weighted by atomic mass is 14.9. The molecule has 2 atom stereocenters. The van der Waals surface area contributed by atoms with Crippen LogP contribution in [0.1, 0.15) is 92.4 Å². The molecular formula is C20H39N. The molecule has 2 unspecified atom stereocenters. The van der Waals surface area contributed by atoms with Crippen LogP contribution in [0.3, 0.4) is 0 Å².